The average Bonchev–Trinajstić information content (AvgIpc) is 2.84. The maximum Gasteiger partial charge on any atom is 0.334 e. The number of aliphatic hydroxyl groups excluding tert-OH is 1. The molecular weight excluding hydrogens is 340 g/mol. The van der Waals surface area contributed by atoms with Crippen LogP contribution in [0.2, 0.25) is 0 Å². The van der Waals surface area contributed by atoms with Crippen LogP contribution in [-0.2, 0) is 28.6 Å². The minimum atomic E-state index is -0.681. The number of ether oxygens (including phenoxy) is 3. The van der Waals surface area contributed by atoms with Gasteiger partial charge in [0.2, 0.25) is 0 Å². The van der Waals surface area contributed by atoms with Crippen LogP contribution in [-0.4, -0.2) is 48.4 Å². The lowest BCUT2D eigenvalue weighted by molar-refractivity contribution is -0.149. The molecule has 0 amide bonds. The third-order valence-corrected chi connectivity index (χ3v) is 4.41. The van der Waals surface area contributed by atoms with E-state index in [-0.39, 0.29) is 18.8 Å². The van der Waals surface area contributed by atoms with Gasteiger partial charge in [0.25, 0.3) is 0 Å². The smallest absolute Gasteiger partial charge is 0.334 e. The number of hydrogen-bond acceptors (Lipinski definition) is 7. The highest BCUT2D eigenvalue weighted by molar-refractivity contribution is 5.91. The Balaban J connectivity index is 2.39. The van der Waals surface area contributed by atoms with E-state index in [0.717, 1.165) is 5.57 Å². The third-order valence-electron chi connectivity index (χ3n) is 4.41. The fourth-order valence-corrected chi connectivity index (χ4v) is 3.20. The highest BCUT2D eigenvalue weighted by atomic mass is 16.6. The first-order valence-corrected chi connectivity index (χ1v) is 8.50. The molecule has 26 heavy (non-hydrogen) atoms. The zero-order valence-electron chi connectivity index (χ0n) is 15.0. The number of esters is 3. The van der Waals surface area contributed by atoms with Crippen LogP contribution in [0.3, 0.4) is 0 Å². The maximum atomic E-state index is 12.1. The summed E-state index contributed by atoms with van der Waals surface area (Å²) < 4.78 is 15.9. The highest BCUT2D eigenvalue weighted by Gasteiger charge is 2.44. The van der Waals surface area contributed by atoms with Gasteiger partial charge in [-0.05, 0) is 30.1 Å². The number of carbonyl (C=O) groups is 3. The summed E-state index contributed by atoms with van der Waals surface area (Å²) in [5.74, 6) is -2.00. The van der Waals surface area contributed by atoms with E-state index in [2.05, 4.69) is 6.58 Å². The van der Waals surface area contributed by atoms with Crippen LogP contribution in [0.4, 0.5) is 0 Å². The van der Waals surface area contributed by atoms with Crippen LogP contribution in [0.5, 0.6) is 0 Å². The largest absolute Gasteiger partial charge is 0.461 e. The SMILES string of the molecule is C=C1C(=O)O[C@@H]2/C=C(\COC(C)=O)CC/C=C(/CO)C[C@H](OC(C)=O)[C@@H]12. The molecule has 1 N–H and O–H groups in total. The van der Waals surface area contributed by atoms with Crippen molar-refractivity contribution >= 4 is 17.9 Å². The maximum absolute atomic E-state index is 12.1. The Kier molecular flexibility index (Phi) is 6.74. The lowest BCUT2D eigenvalue weighted by atomic mass is 9.85. The predicted octanol–water partition coefficient (Wildman–Crippen LogP) is 1.61. The molecule has 0 bridgehead atoms. The summed E-state index contributed by atoms with van der Waals surface area (Å²) in [6.07, 6.45) is 3.77. The number of hydrogen-bond donors (Lipinski definition) is 1. The van der Waals surface area contributed by atoms with E-state index in [1.54, 1.807) is 6.08 Å². The van der Waals surface area contributed by atoms with E-state index < -0.39 is 36.0 Å². The Labute approximate surface area is 152 Å². The molecule has 0 aromatic carbocycles. The summed E-state index contributed by atoms with van der Waals surface area (Å²) in [6, 6.07) is 0. The number of aliphatic hydroxyl groups is 1. The molecule has 2 aliphatic rings. The fraction of sp³-hybridized carbons (Fsp3) is 0.526. The van der Waals surface area contributed by atoms with Crippen LogP contribution in [0.15, 0.2) is 35.5 Å². The summed E-state index contributed by atoms with van der Waals surface area (Å²) in [7, 11) is 0. The van der Waals surface area contributed by atoms with Gasteiger partial charge in [0, 0.05) is 25.8 Å². The van der Waals surface area contributed by atoms with Crippen molar-refractivity contribution in [3.05, 3.63) is 35.5 Å². The molecule has 2 rings (SSSR count). The summed E-state index contributed by atoms with van der Waals surface area (Å²) in [5.41, 5.74) is 1.72. The molecular formula is C19H24O7. The Morgan fingerprint density at radius 2 is 2.04 bits per heavy atom. The van der Waals surface area contributed by atoms with Crippen molar-refractivity contribution in [2.24, 2.45) is 5.92 Å². The molecule has 1 fully saturated rings. The van der Waals surface area contributed by atoms with Gasteiger partial charge in [-0.1, -0.05) is 12.7 Å². The van der Waals surface area contributed by atoms with Crippen LogP contribution in [0.1, 0.15) is 33.1 Å². The molecule has 142 valence electrons. The van der Waals surface area contributed by atoms with Crippen LogP contribution in [0.25, 0.3) is 0 Å². The lowest BCUT2D eigenvalue weighted by Gasteiger charge is -2.27. The minimum Gasteiger partial charge on any atom is -0.461 e. The van der Waals surface area contributed by atoms with Crippen molar-refractivity contribution in [3.8, 4) is 0 Å². The first-order valence-electron chi connectivity index (χ1n) is 8.50. The highest BCUT2D eigenvalue weighted by Crippen LogP contribution is 2.36. The summed E-state index contributed by atoms with van der Waals surface area (Å²) in [4.78, 5) is 34.7. The molecule has 0 spiro atoms. The Morgan fingerprint density at radius 3 is 2.65 bits per heavy atom. The van der Waals surface area contributed by atoms with E-state index in [1.807, 2.05) is 6.08 Å². The van der Waals surface area contributed by atoms with Gasteiger partial charge in [-0.15, -0.1) is 0 Å². The normalized spacial score (nSPS) is 30.2. The van der Waals surface area contributed by atoms with Crippen LogP contribution < -0.4 is 0 Å². The van der Waals surface area contributed by atoms with Gasteiger partial charge in [0.1, 0.15) is 18.8 Å². The Morgan fingerprint density at radius 1 is 1.31 bits per heavy atom. The molecule has 1 aliphatic heterocycles. The van der Waals surface area contributed by atoms with E-state index >= 15 is 0 Å². The van der Waals surface area contributed by atoms with E-state index in [0.29, 0.717) is 24.8 Å². The summed E-state index contributed by atoms with van der Waals surface area (Å²) in [6.45, 7) is 6.31. The van der Waals surface area contributed by atoms with E-state index in [1.165, 1.54) is 13.8 Å². The summed E-state index contributed by atoms with van der Waals surface area (Å²) in [5, 5.41) is 9.61. The molecule has 7 heteroatoms. The quantitative estimate of drug-likeness (QED) is 0.350. The van der Waals surface area contributed by atoms with Crippen LogP contribution >= 0.6 is 0 Å². The van der Waals surface area contributed by atoms with Crippen molar-refractivity contribution in [3.63, 3.8) is 0 Å². The minimum absolute atomic E-state index is 0.0864. The molecule has 7 nitrogen and oxygen atoms in total. The second-order valence-corrected chi connectivity index (χ2v) is 6.44. The molecule has 0 aromatic rings. The molecule has 0 saturated carbocycles. The number of rotatable bonds is 4. The topological polar surface area (TPSA) is 99.1 Å². The van der Waals surface area contributed by atoms with Gasteiger partial charge < -0.3 is 19.3 Å². The van der Waals surface area contributed by atoms with E-state index in [9.17, 15) is 19.5 Å². The van der Waals surface area contributed by atoms with E-state index in [4.69, 9.17) is 14.2 Å². The van der Waals surface area contributed by atoms with Gasteiger partial charge in [0.05, 0.1) is 12.5 Å². The second-order valence-electron chi connectivity index (χ2n) is 6.44. The first kappa shape index (κ1) is 19.9. The number of fused-ring (bicyclic) bond motifs is 1. The second kappa shape index (κ2) is 8.80. The molecule has 1 aliphatic carbocycles. The van der Waals surface area contributed by atoms with Crippen molar-refractivity contribution < 1.29 is 33.7 Å². The first-order chi connectivity index (χ1) is 12.3. The molecule has 0 aromatic heterocycles. The fourth-order valence-electron chi connectivity index (χ4n) is 3.20. The van der Waals surface area contributed by atoms with Crippen LogP contribution in [0, 0.1) is 5.92 Å². The Bertz CT molecular complexity index is 659. The number of allylic oxidation sites excluding steroid dienone is 1. The average molecular weight is 364 g/mol. The zero-order chi connectivity index (χ0) is 19.3. The number of carbonyl (C=O) groups excluding carboxylic acids is 3. The Hall–Kier alpha value is -2.41. The third kappa shape index (κ3) is 5.05. The van der Waals surface area contributed by atoms with Gasteiger partial charge in [-0.2, -0.15) is 0 Å². The van der Waals surface area contributed by atoms with Gasteiger partial charge in [-0.25, -0.2) is 4.79 Å². The monoisotopic (exact) mass is 364 g/mol. The van der Waals surface area contributed by atoms with Crippen molar-refractivity contribution in [2.75, 3.05) is 13.2 Å². The molecule has 3 atom stereocenters. The zero-order valence-corrected chi connectivity index (χ0v) is 15.0. The van der Waals surface area contributed by atoms with Crippen molar-refractivity contribution in [2.45, 2.75) is 45.3 Å². The predicted molar refractivity (Wildman–Crippen MR) is 91.8 cm³/mol. The van der Waals surface area contributed by atoms with Gasteiger partial charge in [-0.3, -0.25) is 9.59 Å². The van der Waals surface area contributed by atoms with Crippen molar-refractivity contribution in [1.82, 2.24) is 0 Å². The summed E-state index contributed by atoms with van der Waals surface area (Å²) >= 11 is 0. The van der Waals surface area contributed by atoms with Gasteiger partial charge in [0.15, 0.2) is 0 Å². The molecule has 1 heterocycles. The van der Waals surface area contributed by atoms with Gasteiger partial charge >= 0.3 is 17.9 Å². The molecule has 0 unspecified atom stereocenters. The van der Waals surface area contributed by atoms with Crippen molar-refractivity contribution in [1.29, 1.82) is 0 Å². The molecule has 1 saturated heterocycles. The lowest BCUT2D eigenvalue weighted by Crippen LogP contribution is -2.33. The molecule has 0 radical (unpaired) electrons. The standard InChI is InChI=1S/C19H24O7/c1-11-18-16(25-13(3)22)7-14(9-20)5-4-6-15(10-24-12(2)21)8-17(18)26-19(11)23/h5,8,16-18,20H,1,4,6-7,9-10H2,2-3H3/b14-5+,15-8-/t16-,17+,18+/m0/s1.